The summed E-state index contributed by atoms with van der Waals surface area (Å²) in [6.45, 7) is 0. The Hall–Kier alpha value is -2.13. The van der Waals surface area contributed by atoms with E-state index >= 15 is 0 Å². The molecule has 4 rings (SSSR count). The lowest BCUT2D eigenvalue weighted by molar-refractivity contribution is 0.0922. The third-order valence-corrected chi connectivity index (χ3v) is 7.46. The van der Waals surface area contributed by atoms with E-state index in [0.717, 1.165) is 43.1 Å². The van der Waals surface area contributed by atoms with E-state index in [2.05, 4.69) is 4.98 Å². The molecule has 1 saturated carbocycles. The Bertz CT molecular complexity index is 1220. The molecule has 0 spiro atoms. The van der Waals surface area contributed by atoms with Crippen molar-refractivity contribution in [2.75, 3.05) is 0 Å². The van der Waals surface area contributed by atoms with Gasteiger partial charge in [-0.15, -0.1) is 11.3 Å². The van der Waals surface area contributed by atoms with E-state index in [-0.39, 0.29) is 22.2 Å². The lowest BCUT2D eigenvalue weighted by Crippen LogP contribution is -2.12. The van der Waals surface area contributed by atoms with Crippen LogP contribution in [0, 0.1) is 11.7 Å². The summed E-state index contributed by atoms with van der Waals surface area (Å²) in [5.74, 6) is -0.836. The van der Waals surface area contributed by atoms with Gasteiger partial charge in [0.15, 0.2) is 10.8 Å². The summed E-state index contributed by atoms with van der Waals surface area (Å²) in [5.41, 5.74) is 1.31. The first-order valence-corrected chi connectivity index (χ1v) is 12.1. The summed E-state index contributed by atoms with van der Waals surface area (Å²) < 4.78 is 38.0. The third-order valence-electron chi connectivity index (χ3n) is 5.20. The molecule has 9 heteroatoms. The van der Waals surface area contributed by atoms with Crippen molar-refractivity contribution in [3.63, 3.8) is 0 Å². The second kappa shape index (κ2) is 8.19. The molecule has 5 nitrogen and oxygen atoms in total. The molecule has 30 heavy (non-hydrogen) atoms. The number of thiazole rings is 1. The summed E-state index contributed by atoms with van der Waals surface area (Å²) in [5, 5.41) is 5.98. The third kappa shape index (κ3) is 4.18. The van der Waals surface area contributed by atoms with E-state index in [1.165, 1.54) is 12.1 Å². The summed E-state index contributed by atoms with van der Waals surface area (Å²) in [6, 6.07) is 10.4. The van der Waals surface area contributed by atoms with Crippen molar-refractivity contribution >= 4 is 38.7 Å². The van der Waals surface area contributed by atoms with Crippen LogP contribution < -0.4 is 5.14 Å². The van der Waals surface area contributed by atoms with Crippen LogP contribution in [0.5, 0.6) is 0 Å². The number of primary sulfonamides is 1. The van der Waals surface area contributed by atoms with Crippen LogP contribution in [0.15, 0.2) is 47.4 Å². The highest BCUT2D eigenvalue weighted by Gasteiger charge is 2.28. The van der Waals surface area contributed by atoms with Crippen molar-refractivity contribution in [1.29, 1.82) is 0 Å². The van der Waals surface area contributed by atoms with Crippen LogP contribution in [-0.2, 0) is 10.0 Å². The first-order valence-electron chi connectivity index (χ1n) is 9.38. The van der Waals surface area contributed by atoms with Gasteiger partial charge in [-0.1, -0.05) is 36.6 Å². The summed E-state index contributed by atoms with van der Waals surface area (Å²) >= 11 is 7.10. The lowest BCUT2D eigenvalue weighted by Gasteiger charge is -2.06. The van der Waals surface area contributed by atoms with Crippen molar-refractivity contribution in [3.8, 4) is 21.7 Å². The molecule has 2 aromatic carbocycles. The number of benzene rings is 2. The Morgan fingerprint density at radius 3 is 2.40 bits per heavy atom. The normalized spacial score (nSPS) is 14.9. The minimum atomic E-state index is -4.03. The molecule has 156 valence electrons. The van der Waals surface area contributed by atoms with Gasteiger partial charge in [0.05, 0.1) is 15.5 Å². The molecule has 1 aliphatic rings. The zero-order valence-electron chi connectivity index (χ0n) is 15.8. The molecule has 1 heterocycles. The number of hydrogen-bond donors (Lipinski definition) is 1. The second-order valence-electron chi connectivity index (χ2n) is 7.24. The Labute approximate surface area is 182 Å². The quantitative estimate of drug-likeness (QED) is 0.519. The van der Waals surface area contributed by atoms with Crippen LogP contribution in [0.3, 0.4) is 0 Å². The Morgan fingerprint density at radius 1 is 1.13 bits per heavy atom. The number of rotatable bonds is 5. The number of carbonyl (C=O) groups excluding carboxylic acids is 1. The maximum atomic E-state index is 14.9. The lowest BCUT2D eigenvalue weighted by atomic mass is 10.0. The molecule has 1 aliphatic carbocycles. The molecular weight excluding hydrogens is 447 g/mol. The van der Waals surface area contributed by atoms with Gasteiger partial charge in [-0.3, -0.25) is 4.79 Å². The minimum absolute atomic E-state index is 0.0273. The minimum Gasteiger partial charge on any atom is -0.291 e. The standard InChI is InChI=1S/C21H18ClFN2O3S2/c22-14-7-5-12(6-8-14)18-20(16-10-9-15(11-17(16)23)30(24,27)28)29-21(25-18)19(26)13-3-1-2-4-13/h5-11,13H,1-4H2,(H2,24,27,28). The van der Waals surface area contributed by atoms with Gasteiger partial charge in [-0.2, -0.15) is 0 Å². The molecule has 1 fully saturated rings. The Kier molecular flexibility index (Phi) is 5.76. The molecule has 0 aliphatic heterocycles. The largest absolute Gasteiger partial charge is 0.291 e. The van der Waals surface area contributed by atoms with Gasteiger partial charge in [0.1, 0.15) is 5.82 Å². The highest BCUT2D eigenvalue weighted by atomic mass is 35.5. The van der Waals surface area contributed by atoms with E-state index in [1.807, 2.05) is 0 Å². The van der Waals surface area contributed by atoms with Gasteiger partial charge in [-0.25, -0.2) is 22.9 Å². The van der Waals surface area contributed by atoms with Crippen LogP contribution in [-0.4, -0.2) is 19.2 Å². The van der Waals surface area contributed by atoms with Crippen LogP contribution in [0.25, 0.3) is 21.7 Å². The predicted octanol–water partition coefficient (Wildman–Crippen LogP) is 5.29. The predicted molar refractivity (Wildman–Crippen MR) is 116 cm³/mol. The van der Waals surface area contributed by atoms with Gasteiger partial charge >= 0.3 is 0 Å². The first kappa shape index (κ1) is 21.1. The van der Waals surface area contributed by atoms with E-state index in [0.29, 0.717) is 26.2 Å². The molecule has 2 N–H and O–H groups in total. The van der Waals surface area contributed by atoms with Gasteiger partial charge in [0.2, 0.25) is 10.0 Å². The van der Waals surface area contributed by atoms with Crippen molar-refractivity contribution in [2.45, 2.75) is 30.6 Å². The molecule has 0 bridgehead atoms. The maximum absolute atomic E-state index is 14.9. The van der Waals surface area contributed by atoms with Crippen LogP contribution in [0.2, 0.25) is 5.02 Å². The summed E-state index contributed by atoms with van der Waals surface area (Å²) in [4.78, 5) is 17.6. The number of aromatic nitrogens is 1. The first-order chi connectivity index (χ1) is 14.2. The monoisotopic (exact) mass is 464 g/mol. The molecule has 3 aromatic rings. The van der Waals surface area contributed by atoms with Crippen LogP contribution >= 0.6 is 22.9 Å². The SMILES string of the molecule is NS(=O)(=O)c1ccc(-c2sc(C(=O)C3CCCC3)nc2-c2ccc(Cl)cc2)c(F)c1. The van der Waals surface area contributed by atoms with Crippen LogP contribution in [0.1, 0.15) is 35.5 Å². The molecule has 1 aromatic heterocycles. The number of carbonyl (C=O) groups is 1. The van der Waals surface area contributed by atoms with Crippen molar-refractivity contribution in [1.82, 2.24) is 4.98 Å². The number of halogens is 2. The number of hydrogen-bond acceptors (Lipinski definition) is 5. The zero-order valence-corrected chi connectivity index (χ0v) is 18.2. The van der Waals surface area contributed by atoms with E-state index in [1.54, 1.807) is 24.3 Å². The zero-order chi connectivity index (χ0) is 21.5. The number of sulfonamides is 1. The van der Waals surface area contributed by atoms with E-state index in [4.69, 9.17) is 16.7 Å². The molecule has 0 unspecified atom stereocenters. The van der Waals surface area contributed by atoms with Gasteiger partial charge < -0.3 is 0 Å². The Morgan fingerprint density at radius 2 is 1.80 bits per heavy atom. The van der Waals surface area contributed by atoms with E-state index in [9.17, 15) is 17.6 Å². The number of ketones is 1. The second-order valence-corrected chi connectivity index (χ2v) is 10.2. The average Bonchev–Trinajstić information content (AvgIpc) is 3.38. The number of nitrogens with zero attached hydrogens (tertiary/aromatic N) is 1. The van der Waals surface area contributed by atoms with Crippen LogP contribution in [0.4, 0.5) is 4.39 Å². The molecular formula is C21H18ClFN2O3S2. The molecule has 0 radical (unpaired) electrons. The summed E-state index contributed by atoms with van der Waals surface area (Å²) in [7, 11) is -4.03. The number of Topliss-reactive ketones (excluding diaryl/α,β-unsaturated/α-hetero) is 1. The highest BCUT2D eigenvalue weighted by molar-refractivity contribution is 7.89. The van der Waals surface area contributed by atoms with Gasteiger partial charge in [-0.05, 0) is 43.2 Å². The maximum Gasteiger partial charge on any atom is 0.238 e. The smallest absolute Gasteiger partial charge is 0.238 e. The summed E-state index contributed by atoms with van der Waals surface area (Å²) in [6.07, 6.45) is 3.70. The molecule has 0 atom stereocenters. The fourth-order valence-electron chi connectivity index (χ4n) is 3.63. The molecule has 0 amide bonds. The topological polar surface area (TPSA) is 90.1 Å². The van der Waals surface area contributed by atoms with E-state index < -0.39 is 15.8 Å². The fraction of sp³-hybridized carbons (Fsp3) is 0.238. The fourth-order valence-corrected chi connectivity index (χ4v) is 5.42. The Balaban J connectivity index is 1.85. The van der Waals surface area contributed by atoms with Crippen molar-refractivity contribution in [2.24, 2.45) is 11.1 Å². The highest BCUT2D eigenvalue weighted by Crippen LogP contribution is 2.40. The van der Waals surface area contributed by atoms with Gasteiger partial charge in [0.25, 0.3) is 0 Å². The van der Waals surface area contributed by atoms with Crippen molar-refractivity contribution in [3.05, 3.63) is 58.3 Å². The molecule has 0 saturated heterocycles. The van der Waals surface area contributed by atoms with Gasteiger partial charge in [0, 0.05) is 22.1 Å². The van der Waals surface area contributed by atoms with Crippen molar-refractivity contribution < 1.29 is 17.6 Å². The average molecular weight is 465 g/mol. The number of nitrogens with two attached hydrogens (primary N) is 1.